The Kier molecular flexibility index (Phi) is 3.37. The second-order valence-electron chi connectivity index (χ2n) is 5.70. The molecule has 0 radical (unpaired) electrons. The van der Waals surface area contributed by atoms with E-state index < -0.39 is 0 Å². The van der Waals surface area contributed by atoms with Gasteiger partial charge in [0.05, 0.1) is 27.2 Å². The smallest absolute Gasteiger partial charge is 0.264 e. The van der Waals surface area contributed by atoms with Gasteiger partial charge in [-0.1, -0.05) is 12.1 Å². The Morgan fingerprint density at radius 2 is 2.12 bits per heavy atom. The van der Waals surface area contributed by atoms with Crippen molar-refractivity contribution >= 4 is 65.4 Å². The minimum Gasteiger partial charge on any atom is -0.334 e. The van der Waals surface area contributed by atoms with Crippen LogP contribution in [0.5, 0.6) is 0 Å². The molecule has 25 heavy (non-hydrogen) atoms. The molecule has 5 nitrogen and oxygen atoms in total. The van der Waals surface area contributed by atoms with Gasteiger partial charge in [-0.05, 0) is 18.2 Å². The first-order chi connectivity index (χ1) is 12.2. The third kappa shape index (κ3) is 2.45. The topological polar surface area (TPSA) is 50.5 Å². The monoisotopic (exact) mass is 384 g/mol. The average molecular weight is 385 g/mol. The van der Waals surface area contributed by atoms with E-state index >= 15 is 0 Å². The Morgan fingerprint density at radius 1 is 1.24 bits per heavy atom. The second-order valence-corrected chi connectivity index (χ2v) is 8.72. The van der Waals surface area contributed by atoms with Gasteiger partial charge in [-0.3, -0.25) is 9.20 Å². The molecule has 0 aliphatic carbocycles. The van der Waals surface area contributed by atoms with Crippen LogP contribution in [0.2, 0.25) is 0 Å². The number of amides is 1. The predicted octanol–water partition coefficient (Wildman–Crippen LogP) is 4.49. The number of hydrogen-bond donors (Lipinski definition) is 0. The van der Waals surface area contributed by atoms with Crippen molar-refractivity contribution in [1.29, 1.82) is 0 Å². The lowest BCUT2D eigenvalue weighted by atomic mass is 10.3. The second kappa shape index (κ2) is 5.62. The number of fused-ring (bicyclic) bond motifs is 4. The summed E-state index contributed by atoms with van der Waals surface area (Å²) < 4.78 is 3.18. The molecular formula is C17H12N4OS3. The summed E-state index contributed by atoms with van der Waals surface area (Å²) in [7, 11) is 1.82. The number of carbonyl (C=O) groups is 1. The number of thiazole rings is 2. The van der Waals surface area contributed by atoms with Gasteiger partial charge in [-0.15, -0.1) is 34.0 Å². The molecule has 0 fully saturated rings. The first-order valence-electron chi connectivity index (χ1n) is 7.64. The van der Waals surface area contributed by atoms with E-state index in [1.165, 1.54) is 11.3 Å². The maximum atomic E-state index is 12.8. The molecule has 0 spiro atoms. The molecule has 0 unspecified atom stereocenters. The number of imidazole rings is 1. The van der Waals surface area contributed by atoms with Gasteiger partial charge in [0.15, 0.2) is 4.96 Å². The van der Waals surface area contributed by atoms with E-state index in [0.717, 1.165) is 30.5 Å². The molecule has 0 saturated heterocycles. The van der Waals surface area contributed by atoms with E-state index in [2.05, 4.69) is 16.0 Å². The van der Waals surface area contributed by atoms with Crippen LogP contribution in [-0.4, -0.2) is 32.2 Å². The number of carbonyl (C=O) groups excluding carboxylic acids is 1. The number of para-hydroxylation sites is 1. The van der Waals surface area contributed by atoms with Crippen molar-refractivity contribution in [2.75, 3.05) is 7.05 Å². The summed E-state index contributed by atoms with van der Waals surface area (Å²) in [6, 6.07) is 9.97. The highest BCUT2D eigenvalue weighted by Crippen LogP contribution is 2.29. The molecule has 1 amide bonds. The zero-order valence-electron chi connectivity index (χ0n) is 13.2. The quantitative estimate of drug-likeness (QED) is 0.460. The fourth-order valence-corrected chi connectivity index (χ4v) is 5.62. The third-order valence-corrected chi connectivity index (χ3v) is 6.79. The van der Waals surface area contributed by atoms with Crippen LogP contribution in [0.3, 0.4) is 0 Å². The lowest BCUT2D eigenvalue weighted by molar-refractivity contribution is 0.0790. The van der Waals surface area contributed by atoms with Crippen molar-refractivity contribution in [2.45, 2.75) is 6.54 Å². The Balaban J connectivity index is 1.43. The first kappa shape index (κ1) is 15.0. The first-order valence-corrected chi connectivity index (χ1v) is 10.2. The van der Waals surface area contributed by atoms with E-state index in [4.69, 9.17) is 0 Å². The molecule has 5 aromatic rings. The highest BCUT2D eigenvalue weighted by molar-refractivity contribution is 7.21. The van der Waals surface area contributed by atoms with Gasteiger partial charge in [0.25, 0.3) is 5.91 Å². The van der Waals surface area contributed by atoms with Gasteiger partial charge in [-0.25, -0.2) is 9.97 Å². The van der Waals surface area contributed by atoms with Crippen LogP contribution in [0.4, 0.5) is 0 Å². The summed E-state index contributed by atoms with van der Waals surface area (Å²) in [5, 5.41) is 2.94. The number of thiophene rings is 1. The molecule has 4 aromatic heterocycles. The molecule has 0 aliphatic heterocycles. The number of rotatable bonds is 3. The van der Waals surface area contributed by atoms with E-state index in [1.807, 2.05) is 47.3 Å². The van der Waals surface area contributed by atoms with E-state index in [0.29, 0.717) is 11.4 Å². The number of aromatic nitrogens is 3. The number of benzene rings is 1. The van der Waals surface area contributed by atoms with E-state index in [-0.39, 0.29) is 5.91 Å². The fourth-order valence-electron chi connectivity index (χ4n) is 2.80. The van der Waals surface area contributed by atoms with Crippen LogP contribution >= 0.6 is 34.0 Å². The lowest BCUT2D eigenvalue weighted by Gasteiger charge is -2.14. The van der Waals surface area contributed by atoms with E-state index in [9.17, 15) is 4.79 Å². The molecule has 0 N–H and O–H groups in total. The summed E-state index contributed by atoms with van der Waals surface area (Å²) in [5.41, 5.74) is 1.98. The highest BCUT2D eigenvalue weighted by Gasteiger charge is 2.19. The molecule has 0 atom stereocenters. The zero-order chi connectivity index (χ0) is 17.0. The molecule has 4 heterocycles. The molecule has 124 valence electrons. The molecule has 8 heteroatoms. The highest BCUT2D eigenvalue weighted by atomic mass is 32.1. The van der Waals surface area contributed by atoms with Crippen LogP contribution in [0.15, 0.2) is 41.9 Å². The van der Waals surface area contributed by atoms with Gasteiger partial charge in [0.2, 0.25) is 0 Å². The number of nitrogens with zero attached hydrogens (tertiary/aromatic N) is 4. The fraction of sp³-hybridized carbons (Fsp3) is 0.118. The Morgan fingerprint density at radius 3 is 3.00 bits per heavy atom. The van der Waals surface area contributed by atoms with Crippen molar-refractivity contribution < 1.29 is 4.79 Å². The van der Waals surface area contributed by atoms with Gasteiger partial charge in [-0.2, -0.15) is 0 Å². The normalized spacial score (nSPS) is 11.7. The molecule has 5 rings (SSSR count). The van der Waals surface area contributed by atoms with Crippen LogP contribution < -0.4 is 0 Å². The van der Waals surface area contributed by atoms with Crippen LogP contribution in [-0.2, 0) is 6.54 Å². The number of hydrogen-bond acceptors (Lipinski definition) is 6. The lowest BCUT2D eigenvalue weighted by Crippen LogP contribution is -2.25. The standard InChI is InChI=1S/C17H12N4OS3/c1-20(9-14-18-10-4-2-3-5-12(10)24-14)16(22)13-8-11-15(25-13)19-17-21(11)6-7-23-17/h2-8H,9H2,1H3. The molecule has 1 aromatic carbocycles. The summed E-state index contributed by atoms with van der Waals surface area (Å²) in [4.78, 5) is 26.3. The molecule has 0 bridgehead atoms. The Labute approximate surface area is 154 Å². The van der Waals surface area contributed by atoms with Gasteiger partial charge < -0.3 is 4.90 Å². The predicted molar refractivity (Wildman–Crippen MR) is 104 cm³/mol. The zero-order valence-corrected chi connectivity index (χ0v) is 15.6. The molecule has 0 aliphatic rings. The Hall–Kier alpha value is -2.29. The van der Waals surface area contributed by atoms with Crippen LogP contribution in [0.25, 0.3) is 25.5 Å². The minimum atomic E-state index is 0.00577. The summed E-state index contributed by atoms with van der Waals surface area (Å²) in [6.07, 6.45) is 1.99. The maximum Gasteiger partial charge on any atom is 0.264 e. The summed E-state index contributed by atoms with van der Waals surface area (Å²) in [6.45, 7) is 0.509. The van der Waals surface area contributed by atoms with E-state index in [1.54, 1.807) is 27.6 Å². The molecule has 0 saturated carbocycles. The van der Waals surface area contributed by atoms with Crippen LogP contribution in [0.1, 0.15) is 14.7 Å². The maximum absolute atomic E-state index is 12.8. The van der Waals surface area contributed by atoms with Crippen molar-refractivity contribution in [3.8, 4) is 0 Å². The summed E-state index contributed by atoms with van der Waals surface area (Å²) in [5.74, 6) is 0.00577. The van der Waals surface area contributed by atoms with Crippen molar-refractivity contribution in [3.63, 3.8) is 0 Å². The largest absolute Gasteiger partial charge is 0.334 e. The van der Waals surface area contributed by atoms with Crippen molar-refractivity contribution in [1.82, 2.24) is 19.3 Å². The van der Waals surface area contributed by atoms with Gasteiger partial charge in [0.1, 0.15) is 9.84 Å². The minimum absolute atomic E-state index is 0.00577. The van der Waals surface area contributed by atoms with Gasteiger partial charge in [0, 0.05) is 18.6 Å². The Bertz CT molecular complexity index is 1200. The SMILES string of the molecule is CN(Cc1nc2ccccc2s1)C(=O)c1cc2c(nc3sccn32)s1. The van der Waals surface area contributed by atoms with Crippen molar-refractivity contribution in [2.24, 2.45) is 0 Å². The average Bonchev–Trinajstić information content (AvgIpc) is 3.33. The van der Waals surface area contributed by atoms with Crippen molar-refractivity contribution in [3.05, 3.63) is 51.8 Å². The van der Waals surface area contributed by atoms with Gasteiger partial charge >= 0.3 is 0 Å². The third-order valence-electron chi connectivity index (χ3n) is 4.01. The molecular weight excluding hydrogens is 372 g/mol. The van der Waals surface area contributed by atoms with Crippen LogP contribution in [0, 0.1) is 0 Å². The summed E-state index contributed by atoms with van der Waals surface area (Å²) >= 11 is 4.68.